The van der Waals surface area contributed by atoms with Crippen molar-refractivity contribution in [3.8, 4) is 5.75 Å². The van der Waals surface area contributed by atoms with Gasteiger partial charge in [-0.05, 0) is 87.7 Å². The molecule has 2 aliphatic heterocycles. The number of nitrogens with zero attached hydrogens (tertiary/aromatic N) is 2. The minimum atomic E-state index is -0.0922. The van der Waals surface area contributed by atoms with Crippen LogP contribution in [0.4, 0.5) is 10.5 Å². The predicted octanol–water partition coefficient (Wildman–Crippen LogP) is 4.71. The standard InChI is InChI=1S/C28H38N4O3/c1-2-35-26-13-11-25(12-14-26)30-28(34)32-18-7-10-24(21-32)22-8-6-9-23(20-22)27(33)29-15-19-31-16-4-3-5-17-31/h6,8-9,11-14,20,24H,2-5,7,10,15-19,21H2,1H3,(H,29,33)(H,30,34)/t24-/m1/s1. The van der Waals surface area contributed by atoms with Gasteiger partial charge in [0.1, 0.15) is 5.75 Å². The molecule has 2 aliphatic rings. The highest BCUT2D eigenvalue weighted by Crippen LogP contribution is 2.28. The van der Waals surface area contributed by atoms with E-state index in [9.17, 15) is 9.59 Å². The number of benzene rings is 2. The minimum absolute atomic E-state index is 0.0234. The van der Waals surface area contributed by atoms with E-state index in [-0.39, 0.29) is 17.9 Å². The predicted molar refractivity (Wildman–Crippen MR) is 139 cm³/mol. The number of urea groups is 1. The van der Waals surface area contributed by atoms with Crippen LogP contribution in [0.1, 0.15) is 60.9 Å². The summed E-state index contributed by atoms with van der Waals surface area (Å²) in [5, 5.41) is 6.07. The fourth-order valence-corrected chi connectivity index (χ4v) is 4.98. The number of ether oxygens (including phenoxy) is 1. The van der Waals surface area contributed by atoms with Crippen molar-refractivity contribution in [2.45, 2.75) is 44.9 Å². The summed E-state index contributed by atoms with van der Waals surface area (Å²) in [6.45, 7) is 7.78. The second-order valence-corrected chi connectivity index (χ2v) is 9.46. The summed E-state index contributed by atoms with van der Waals surface area (Å²) in [4.78, 5) is 29.9. The van der Waals surface area contributed by atoms with Crippen LogP contribution in [0.25, 0.3) is 0 Å². The summed E-state index contributed by atoms with van der Waals surface area (Å²) in [5.41, 5.74) is 2.56. The van der Waals surface area contributed by atoms with E-state index in [1.54, 1.807) is 0 Å². The minimum Gasteiger partial charge on any atom is -0.494 e. The zero-order chi connectivity index (χ0) is 24.5. The van der Waals surface area contributed by atoms with E-state index >= 15 is 0 Å². The smallest absolute Gasteiger partial charge is 0.321 e. The lowest BCUT2D eigenvalue weighted by Crippen LogP contribution is -2.41. The number of likely N-dealkylation sites (tertiary alicyclic amines) is 2. The summed E-state index contributed by atoms with van der Waals surface area (Å²) in [7, 11) is 0. The van der Waals surface area contributed by atoms with Gasteiger partial charge in [-0.25, -0.2) is 4.79 Å². The molecule has 4 rings (SSSR count). The molecule has 188 valence electrons. The van der Waals surface area contributed by atoms with Crippen LogP contribution in [0.2, 0.25) is 0 Å². The topological polar surface area (TPSA) is 73.9 Å². The van der Waals surface area contributed by atoms with Crippen molar-refractivity contribution >= 4 is 17.6 Å². The SMILES string of the molecule is CCOc1ccc(NC(=O)N2CCC[C@@H](c3cccc(C(=O)NCCN4CCCCC4)c3)C2)cc1. The highest BCUT2D eigenvalue weighted by Gasteiger charge is 2.25. The molecular weight excluding hydrogens is 440 g/mol. The summed E-state index contributed by atoms with van der Waals surface area (Å²) in [6, 6.07) is 15.2. The molecule has 0 unspecified atom stereocenters. The molecule has 0 bridgehead atoms. The Morgan fingerprint density at radius 2 is 1.80 bits per heavy atom. The van der Waals surface area contributed by atoms with Gasteiger partial charge in [0.25, 0.3) is 5.91 Å². The van der Waals surface area contributed by atoms with Gasteiger partial charge < -0.3 is 25.2 Å². The molecule has 0 aromatic heterocycles. The van der Waals surface area contributed by atoms with Gasteiger partial charge in [0.05, 0.1) is 6.61 Å². The van der Waals surface area contributed by atoms with Crippen molar-refractivity contribution in [3.63, 3.8) is 0 Å². The van der Waals surface area contributed by atoms with Crippen molar-refractivity contribution in [2.75, 3.05) is 51.2 Å². The van der Waals surface area contributed by atoms with Gasteiger partial charge in [-0.1, -0.05) is 18.6 Å². The monoisotopic (exact) mass is 478 g/mol. The maximum atomic E-state index is 12.9. The Balaban J connectivity index is 1.30. The first-order valence-corrected chi connectivity index (χ1v) is 13.0. The number of piperidine rings is 2. The van der Waals surface area contributed by atoms with Crippen LogP contribution in [-0.4, -0.2) is 67.6 Å². The molecule has 0 spiro atoms. The van der Waals surface area contributed by atoms with E-state index in [1.807, 2.05) is 54.3 Å². The first-order chi connectivity index (χ1) is 17.1. The molecule has 2 fully saturated rings. The van der Waals surface area contributed by atoms with Gasteiger partial charge in [0, 0.05) is 43.3 Å². The summed E-state index contributed by atoms with van der Waals surface area (Å²) in [6.07, 6.45) is 5.78. The molecule has 3 amide bonds. The number of hydrogen-bond acceptors (Lipinski definition) is 4. The van der Waals surface area contributed by atoms with Gasteiger partial charge in [-0.2, -0.15) is 0 Å². The Labute approximate surface area is 208 Å². The van der Waals surface area contributed by atoms with Crippen molar-refractivity contribution in [1.29, 1.82) is 0 Å². The van der Waals surface area contributed by atoms with Crippen molar-refractivity contribution in [2.24, 2.45) is 0 Å². The summed E-state index contributed by atoms with van der Waals surface area (Å²) in [5.74, 6) is 0.986. The Hall–Kier alpha value is -3.06. The van der Waals surface area contributed by atoms with Gasteiger partial charge >= 0.3 is 6.03 Å². The molecule has 0 aliphatic carbocycles. The molecule has 0 saturated carbocycles. The molecule has 0 radical (unpaired) electrons. The number of amides is 3. The average Bonchev–Trinajstić information content (AvgIpc) is 2.90. The van der Waals surface area contributed by atoms with Gasteiger partial charge in [-0.15, -0.1) is 0 Å². The van der Waals surface area contributed by atoms with Crippen LogP contribution in [0.5, 0.6) is 5.75 Å². The van der Waals surface area contributed by atoms with E-state index in [4.69, 9.17) is 4.74 Å². The van der Waals surface area contributed by atoms with Crippen molar-refractivity contribution in [3.05, 3.63) is 59.7 Å². The number of carbonyl (C=O) groups excluding carboxylic acids is 2. The second-order valence-electron chi connectivity index (χ2n) is 9.46. The quantitative estimate of drug-likeness (QED) is 0.576. The Morgan fingerprint density at radius 1 is 1.00 bits per heavy atom. The van der Waals surface area contributed by atoms with Crippen LogP contribution in [-0.2, 0) is 0 Å². The van der Waals surface area contributed by atoms with E-state index in [1.165, 1.54) is 19.3 Å². The Bertz CT molecular complexity index is 972. The number of rotatable bonds is 8. The number of nitrogens with one attached hydrogen (secondary N) is 2. The zero-order valence-electron chi connectivity index (χ0n) is 20.8. The van der Waals surface area contributed by atoms with Gasteiger partial charge in [0.15, 0.2) is 0 Å². The molecule has 2 aromatic carbocycles. The molecule has 1 atom stereocenters. The average molecular weight is 479 g/mol. The Morgan fingerprint density at radius 3 is 2.57 bits per heavy atom. The lowest BCUT2D eigenvalue weighted by molar-refractivity contribution is 0.0946. The molecule has 7 nitrogen and oxygen atoms in total. The lowest BCUT2D eigenvalue weighted by Gasteiger charge is -2.33. The van der Waals surface area contributed by atoms with E-state index < -0.39 is 0 Å². The molecule has 2 heterocycles. The molecule has 35 heavy (non-hydrogen) atoms. The lowest BCUT2D eigenvalue weighted by atomic mass is 9.89. The third-order valence-corrected chi connectivity index (χ3v) is 6.91. The van der Waals surface area contributed by atoms with Crippen LogP contribution in [0, 0.1) is 0 Å². The summed E-state index contributed by atoms with van der Waals surface area (Å²) < 4.78 is 5.47. The van der Waals surface area contributed by atoms with E-state index in [2.05, 4.69) is 21.6 Å². The third-order valence-electron chi connectivity index (χ3n) is 6.91. The van der Waals surface area contributed by atoms with Gasteiger partial charge in [0.2, 0.25) is 0 Å². The highest BCUT2D eigenvalue weighted by atomic mass is 16.5. The molecular formula is C28H38N4O3. The summed E-state index contributed by atoms with van der Waals surface area (Å²) >= 11 is 0. The zero-order valence-corrected chi connectivity index (χ0v) is 20.8. The van der Waals surface area contributed by atoms with Gasteiger partial charge in [-0.3, -0.25) is 4.79 Å². The molecule has 2 aromatic rings. The maximum absolute atomic E-state index is 12.9. The second kappa shape index (κ2) is 12.6. The largest absolute Gasteiger partial charge is 0.494 e. The number of carbonyl (C=O) groups is 2. The van der Waals surface area contributed by atoms with Crippen molar-refractivity contribution in [1.82, 2.24) is 15.1 Å². The fraction of sp³-hybridized carbons (Fsp3) is 0.500. The Kier molecular flexibility index (Phi) is 9.01. The molecule has 7 heteroatoms. The third kappa shape index (κ3) is 7.21. The first kappa shape index (κ1) is 25.0. The van der Waals surface area contributed by atoms with Crippen LogP contribution >= 0.6 is 0 Å². The van der Waals surface area contributed by atoms with Crippen molar-refractivity contribution < 1.29 is 14.3 Å². The van der Waals surface area contributed by atoms with Crippen LogP contribution < -0.4 is 15.4 Å². The normalized spacial score (nSPS) is 18.7. The number of hydrogen-bond donors (Lipinski definition) is 2. The maximum Gasteiger partial charge on any atom is 0.321 e. The molecule has 2 saturated heterocycles. The first-order valence-electron chi connectivity index (χ1n) is 13.0. The van der Waals surface area contributed by atoms with Crippen LogP contribution in [0.3, 0.4) is 0 Å². The molecule has 2 N–H and O–H groups in total. The van der Waals surface area contributed by atoms with E-state index in [0.29, 0.717) is 25.3 Å². The highest BCUT2D eigenvalue weighted by molar-refractivity contribution is 5.94. The van der Waals surface area contributed by atoms with Crippen LogP contribution in [0.15, 0.2) is 48.5 Å². The number of anilines is 1. The fourth-order valence-electron chi connectivity index (χ4n) is 4.98. The van der Waals surface area contributed by atoms with E-state index in [0.717, 1.165) is 56.0 Å².